The van der Waals surface area contributed by atoms with Crippen molar-refractivity contribution in [1.82, 2.24) is 24.7 Å². The average Bonchev–Trinajstić information content (AvgIpc) is 3.07. The van der Waals surface area contributed by atoms with E-state index >= 15 is 0 Å². The Bertz CT molecular complexity index is 1220. The van der Waals surface area contributed by atoms with Crippen LogP contribution in [0.5, 0.6) is 0 Å². The van der Waals surface area contributed by atoms with E-state index in [4.69, 9.17) is 5.10 Å². The van der Waals surface area contributed by atoms with Gasteiger partial charge in [-0.25, -0.2) is 0 Å². The summed E-state index contributed by atoms with van der Waals surface area (Å²) in [7, 11) is 0. The average molecular weight is 412 g/mol. The highest BCUT2D eigenvalue weighted by molar-refractivity contribution is 5.95. The van der Waals surface area contributed by atoms with E-state index in [1.54, 1.807) is 4.52 Å². The Morgan fingerprint density at radius 2 is 1.65 bits per heavy atom. The molecular weight excluding hydrogens is 388 g/mol. The number of aryl methyl sites for hydroxylation is 1. The van der Waals surface area contributed by atoms with Crippen LogP contribution in [0.2, 0.25) is 0 Å². The second kappa shape index (κ2) is 8.18. The second-order valence-corrected chi connectivity index (χ2v) is 7.80. The molecule has 0 aliphatic carbocycles. The Morgan fingerprint density at radius 3 is 2.48 bits per heavy atom. The molecule has 0 saturated carbocycles. The van der Waals surface area contributed by atoms with Crippen molar-refractivity contribution in [2.75, 3.05) is 31.1 Å². The van der Waals surface area contributed by atoms with Crippen molar-refractivity contribution in [3.8, 4) is 11.4 Å². The molecule has 0 spiro atoms. The number of amides is 1. The van der Waals surface area contributed by atoms with Gasteiger partial charge in [0.1, 0.15) is 5.82 Å². The summed E-state index contributed by atoms with van der Waals surface area (Å²) < 4.78 is 1.80. The molecule has 0 radical (unpaired) electrons. The number of anilines is 1. The molecule has 1 amide bonds. The highest BCUT2D eigenvalue weighted by Gasteiger charge is 2.22. The summed E-state index contributed by atoms with van der Waals surface area (Å²) in [5, 5.41) is 13.4. The predicted molar refractivity (Wildman–Crippen MR) is 120 cm³/mol. The van der Waals surface area contributed by atoms with Crippen LogP contribution in [0, 0.1) is 6.92 Å². The lowest BCUT2D eigenvalue weighted by molar-refractivity contribution is 0.0766. The Morgan fingerprint density at radius 1 is 0.839 bits per heavy atom. The minimum Gasteiger partial charge on any atom is -0.353 e. The first-order valence-electron chi connectivity index (χ1n) is 10.6. The molecule has 0 unspecified atom stereocenters. The zero-order chi connectivity index (χ0) is 21.2. The van der Waals surface area contributed by atoms with Crippen LogP contribution in [0.1, 0.15) is 22.3 Å². The van der Waals surface area contributed by atoms with Crippen LogP contribution >= 0.6 is 0 Å². The third-order valence-electron chi connectivity index (χ3n) is 5.76. The van der Waals surface area contributed by atoms with E-state index in [-0.39, 0.29) is 5.91 Å². The molecule has 156 valence electrons. The fourth-order valence-corrected chi connectivity index (χ4v) is 4.05. The van der Waals surface area contributed by atoms with Gasteiger partial charge in [-0.2, -0.15) is 4.52 Å². The van der Waals surface area contributed by atoms with Gasteiger partial charge in [0.25, 0.3) is 5.91 Å². The largest absolute Gasteiger partial charge is 0.353 e. The third kappa shape index (κ3) is 3.74. The van der Waals surface area contributed by atoms with Crippen molar-refractivity contribution in [3.63, 3.8) is 0 Å². The molecule has 2 aromatic carbocycles. The van der Waals surface area contributed by atoms with E-state index in [0.29, 0.717) is 12.2 Å². The van der Waals surface area contributed by atoms with Gasteiger partial charge >= 0.3 is 0 Å². The lowest BCUT2D eigenvalue weighted by Crippen LogP contribution is -2.35. The molecule has 7 heteroatoms. The molecule has 1 saturated heterocycles. The van der Waals surface area contributed by atoms with Crippen LogP contribution in [0.15, 0.2) is 66.7 Å². The van der Waals surface area contributed by atoms with Gasteiger partial charge in [-0.1, -0.05) is 48.5 Å². The topological polar surface area (TPSA) is 66.6 Å². The van der Waals surface area contributed by atoms with Gasteiger partial charge in [0.2, 0.25) is 0 Å². The monoisotopic (exact) mass is 412 g/mol. The SMILES string of the molecule is Cc1ccccc1C(=O)N1CCCN(c2ccc3nnc(-c4ccccc4)n3n2)CC1. The second-order valence-electron chi connectivity index (χ2n) is 7.80. The minimum absolute atomic E-state index is 0.105. The summed E-state index contributed by atoms with van der Waals surface area (Å²) in [6.07, 6.45) is 0.894. The number of benzene rings is 2. The van der Waals surface area contributed by atoms with Crippen LogP contribution in [0.4, 0.5) is 5.82 Å². The van der Waals surface area contributed by atoms with Crippen LogP contribution in [0.25, 0.3) is 17.0 Å². The van der Waals surface area contributed by atoms with E-state index in [2.05, 4.69) is 15.1 Å². The predicted octanol–water partition coefficient (Wildman–Crippen LogP) is 3.45. The van der Waals surface area contributed by atoms with Gasteiger partial charge in [-0.3, -0.25) is 4.79 Å². The maximum Gasteiger partial charge on any atom is 0.254 e. The molecule has 0 bridgehead atoms. The summed E-state index contributed by atoms with van der Waals surface area (Å²) in [4.78, 5) is 17.2. The normalized spacial score (nSPS) is 14.6. The van der Waals surface area contributed by atoms with Crippen molar-refractivity contribution in [2.24, 2.45) is 0 Å². The number of hydrogen-bond acceptors (Lipinski definition) is 5. The fourth-order valence-electron chi connectivity index (χ4n) is 4.05. The first kappa shape index (κ1) is 19.2. The summed E-state index contributed by atoms with van der Waals surface area (Å²) in [5.74, 6) is 1.70. The zero-order valence-electron chi connectivity index (χ0n) is 17.5. The number of aromatic nitrogens is 4. The summed E-state index contributed by atoms with van der Waals surface area (Å²) in [6.45, 7) is 4.98. The van der Waals surface area contributed by atoms with Crippen molar-refractivity contribution in [2.45, 2.75) is 13.3 Å². The fraction of sp³-hybridized carbons (Fsp3) is 0.250. The Hall–Kier alpha value is -3.74. The highest BCUT2D eigenvalue weighted by atomic mass is 16.2. The van der Waals surface area contributed by atoms with Crippen molar-refractivity contribution >= 4 is 17.4 Å². The number of fused-ring (bicyclic) bond motifs is 1. The Labute approximate surface area is 180 Å². The summed E-state index contributed by atoms with van der Waals surface area (Å²) >= 11 is 0. The summed E-state index contributed by atoms with van der Waals surface area (Å²) in [5.41, 5.74) is 3.49. The number of nitrogens with zero attached hydrogens (tertiary/aromatic N) is 6. The van der Waals surface area contributed by atoms with Crippen LogP contribution in [-0.2, 0) is 0 Å². The number of carbonyl (C=O) groups excluding carboxylic acids is 1. The molecular formula is C24H24N6O. The van der Waals surface area contributed by atoms with Crippen molar-refractivity contribution in [3.05, 3.63) is 77.9 Å². The first-order valence-corrected chi connectivity index (χ1v) is 10.6. The number of hydrogen-bond donors (Lipinski definition) is 0. The standard InChI is InChI=1S/C24H24N6O/c1-18-8-5-6-11-20(18)24(31)29-15-7-14-28(16-17-29)22-13-12-21-25-26-23(30(21)27-22)19-9-3-2-4-10-19/h2-6,8-13H,7,14-17H2,1H3. The van der Waals surface area contributed by atoms with Crippen LogP contribution in [-0.4, -0.2) is 56.8 Å². The molecule has 3 heterocycles. The molecule has 1 aliphatic rings. The van der Waals surface area contributed by atoms with E-state index in [1.165, 1.54) is 0 Å². The van der Waals surface area contributed by atoms with E-state index in [9.17, 15) is 4.79 Å². The molecule has 31 heavy (non-hydrogen) atoms. The Kier molecular flexibility index (Phi) is 5.08. The van der Waals surface area contributed by atoms with Gasteiger partial charge in [-0.05, 0) is 37.1 Å². The number of carbonyl (C=O) groups is 1. The minimum atomic E-state index is 0.105. The van der Waals surface area contributed by atoms with Gasteiger partial charge in [0.15, 0.2) is 11.5 Å². The van der Waals surface area contributed by atoms with Gasteiger partial charge in [0, 0.05) is 37.3 Å². The molecule has 4 aromatic rings. The third-order valence-corrected chi connectivity index (χ3v) is 5.76. The molecule has 1 aliphatic heterocycles. The lowest BCUT2D eigenvalue weighted by Gasteiger charge is -2.23. The van der Waals surface area contributed by atoms with Crippen molar-refractivity contribution in [1.29, 1.82) is 0 Å². The number of rotatable bonds is 3. The van der Waals surface area contributed by atoms with Crippen molar-refractivity contribution < 1.29 is 4.79 Å². The maximum atomic E-state index is 13.0. The lowest BCUT2D eigenvalue weighted by atomic mass is 10.1. The summed E-state index contributed by atoms with van der Waals surface area (Å²) in [6, 6.07) is 21.7. The quantitative estimate of drug-likeness (QED) is 0.516. The molecule has 0 N–H and O–H groups in total. The highest BCUT2D eigenvalue weighted by Crippen LogP contribution is 2.21. The first-order chi connectivity index (χ1) is 15.2. The maximum absolute atomic E-state index is 13.0. The zero-order valence-corrected chi connectivity index (χ0v) is 17.5. The molecule has 0 atom stereocenters. The molecule has 7 nitrogen and oxygen atoms in total. The van der Waals surface area contributed by atoms with Gasteiger partial charge < -0.3 is 9.80 Å². The van der Waals surface area contributed by atoms with E-state index in [1.807, 2.05) is 78.6 Å². The Balaban J connectivity index is 1.38. The van der Waals surface area contributed by atoms with Gasteiger partial charge in [0.05, 0.1) is 0 Å². The van der Waals surface area contributed by atoms with E-state index in [0.717, 1.165) is 54.4 Å². The van der Waals surface area contributed by atoms with Crippen LogP contribution < -0.4 is 4.90 Å². The molecule has 2 aromatic heterocycles. The molecule has 1 fully saturated rings. The van der Waals surface area contributed by atoms with Gasteiger partial charge in [-0.15, -0.1) is 15.3 Å². The van der Waals surface area contributed by atoms with E-state index < -0.39 is 0 Å². The molecule has 5 rings (SSSR count). The smallest absolute Gasteiger partial charge is 0.254 e. The van der Waals surface area contributed by atoms with Crippen LogP contribution in [0.3, 0.4) is 0 Å².